The number of thioether (sulfide) groups is 1. The maximum atomic E-state index is 13.8. The zero-order valence-electron chi connectivity index (χ0n) is 21.0. The molecular formula is C29H24N4O4S. The number of benzene rings is 3. The Hall–Kier alpha value is -4.63. The van der Waals surface area contributed by atoms with Gasteiger partial charge in [-0.15, -0.1) is 0 Å². The second-order valence-electron chi connectivity index (χ2n) is 8.50. The molecule has 2 amide bonds. The number of methoxy groups -OCH3 is 1. The normalized spacial score (nSPS) is 15.4. The lowest BCUT2D eigenvalue weighted by Gasteiger charge is -2.13. The quantitative estimate of drug-likeness (QED) is 0.350. The summed E-state index contributed by atoms with van der Waals surface area (Å²) in [7, 11) is 3.33. The maximum Gasteiger partial charge on any atom is 0.296 e. The number of para-hydroxylation sites is 1. The topological polar surface area (TPSA) is 85.9 Å². The SMILES string of the molecule is COc1ccc(/C=C2/SC(=NC(=O)c3ccccc3)N(c3c(C)n(C)n(-c4ccccc4)c3=O)C2=O)cc1. The summed E-state index contributed by atoms with van der Waals surface area (Å²) < 4.78 is 8.40. The minimum Gasteiger partial charge on any atom is -0.497 e. The number of amides is 2. The summed E-state index contributed by atoms with van der Waals surface area (Å²) in [6.07, 6.45) is 1.71. The van der Waals surface area contributed by atoms with Crippen molar-refractivity contribution in [1.82, 2.24) is 9.36 Å². The van der Waals surface area contributed by atoms with E-state index in [2.05, 4.69) is 4.99 Å². The molecule has 0 atom stereocenters. The van der Waals surface area contributed by atoms with Gasteiger partial charge in [0.2, 0.25) is 0 Å². The van der Waals surface area contributed by atoms with Crippen molar-refractivity contribution in [3.8, 4) is 11.4 Å². The molecule has 0 bridgehead atoms. The van der Waals surface area contributed by atoms with Gasteiger partial charge in [-0.1, -0.05) is 48.5 Å². The van der Waals surface area contributed by atoms with Crippen molar-refractivity contribution in [1.29, 1.82) is 0 Å². The van der Waals surface area contributed by atoms with Gasteiger partial charge in [-0.3, -0.25) is 19.1 Å². The van der Waals surface area contributed by atoms with Crippen molar-refractivity contribution in [2.24, 2.45) is 12.0 Å². The van der Waals surface area contributed by atoms with Gasteiger partial charge < -0.3 is 4.74 Å². The monoisotopic (exact) mass is 524 g/mol. The molecule has 9 heteroatoms. The third kappa shape index (κ3) is 4.59. The van der Waals surface area contributed by atoms with Crippen molar-refractivity contribution >= 4 is 40.5 Å². The number of carbonyl (C=O) groups excluding carboxylic acids is 2. The first-order valence-corrected chi connectivity index (χ1v) is 12.6. The van der Waals surface area contributed by atoms with E-state index in [0.29, 0.717) is 27.6 Å². The highest BCUT2D eigenvalue weighted by Crippen LogP contribution is 2.37. The second kappa shape index (κ2) is 10.4. The molecular weight excluding hydrogens is 500 g/mol. The molecule has 38 heavy (non-hydrogen) atoms. The Morgan fingerprint density at radius 1 is 0.921 bits per heavy atom. The molecule has 0 radical (unpaired) electrons. The van der Waals surface area contributed by atoms with Crippen molar-refractivity contribution in [2.75, 3.05) is 12.0 Å². The van der Waals surface area contributed by atoms with Crippen LogP contribution < -0.4 is 15.2 Å². The summed E-state index contributed by atoms with van der Waals surface area (Å²) in [6.45, 7) is 1.76. The molecule has 0 unspecified atom stereocenters. The summed E-state index contributed by atoms with van der Waals surface area (Å²) in [5.41, 5.74) is 2.11. The smallest absolute Gasteiger partial charge is 0.296 e. The van der Waals surface area contributed by atoms with Gasteiger partial charge >= 0.3 is 0 Å². The van der Waals surface area contributed by atoms with Crippen LogP contribution in [-0.4, -0.2) is 33.5 Å². The lowest BCUT2D eigenvalue weighted by atomic mass is 10.2. The van der Waals surface area contributed by atoms with Crippen LogP contribution in [-0.2, 0) is 11.8 Å². The van der Waals surface area contributed by atoms with Crippen LogP contribution in [0.15, 0.2) is 99.6 Å². The van der Waals surface area contributed by atoms with E-state index in [0.717, 1.165) is 17.3 Å². The highest BCUT2D eigenvalue weighted by molar-refractivity contribution is 8.19. The number of amidine groups is 1. The molecule has 4 aromatic rings. The first kappa shape index (κ1) is 25.0. The Morgan fingerprint density at radius 3 is 2.18 bits per heavy atom. The number of nitrogens with zero attached hydrogens (tertiary/aromatic N) is 4. The Balaban J connectivity index is 1.64. The fraction of sp³-hybridized carbons (Fsp3) is 0.103. The van der Waals surface area contributed by atoms with Crippen molar-refractivity contribution < 1.29 is 14.3 Å². The molecule has 0 saturated carbocycles. The Bertz CT molecular complexity index is 1640. The Labute approximate surface area is 223 Å². The molecule has 2 heterocycles. The summed E-state index contributed by atoms with van der Waals surface area (Å²) in [5.74, 6) is -0.249. The number of anilines is 1. The van der Waals surface area contributed by atoms with Gasteiger partial charge in [-0.2, -0.15) is 4.99 Å². The molecule has 190 valence electrons. The first-order valence-electron chi connectivity index (χ1n) is 11.8. The van der Waals surface area contributed by atoms with Crippen LogP contribution in [0.2, 0.25) is 0 Å². The van der Waals surface area contributed by atoms with Crippen LogP contribution in [0.1, 0.15) is 21.6 Å². The van der Waals surface area contributed by atoms with Crippen LogP contribution in [0.3, 0.4) is 0 Å². The van der Waals surface area contributed by atoms with E-state index < -0.39 is 17.4 Å². The van der Waals surface area contributed by atoms with E-state index in [1.54, 1.807) is 74.3 Å². The van der Waals surface area contributed by atoms with E-state index in [9.17, 15) is 14.4 Å². The van der Waals surface area contributed by atoms with E-state index in [4.69, 9.17) is 4.74 Å². The van der Waals surface area contributed by atoms with Gasteiger partial charge in [0.05, 0.1) is 23.4 Å². The minimum atomic E-state index is -0.506. The average Bonchev–Trinajstić information content (AvgIpc) is 3.35. The Morgan fingerprint density at radius 2 is 1.55 bits per heavy atom. The molecule has 3 aromatic carbocycles. The fourth-order valence-electron chi connectivity index (χ4n) is 4.14. The van der Waals surface area contributed by atoms with Crippen LogP contribution in [0, 0.1) is 6.92 Å². The molecule has 8 nitrogen and oxygen atoms in total. The second-order valence-corrected chi connectivity index (χ2v) is 9.51. The number of rotatable bonds is 5. The summed E-state index contributed by atoms with van der Waals surface area (Å²) >= 11 is 1.06. The number of hydrogen-bond acceptors (Lipinski definition) is 5. The number of aliphatic imine (C=N–C) groups is 1. The highest BCUT2D eigenvalue weighted by atomic mass is 32.2. The van der Waals surface area contributed by atoms with Crippen LogP contribution >= 0.6 is 11.8 Å². The van der Waals surface area contributed by atoms with Crippen molar-refractivity contribution in [3.05, 3.63) is 117 Å². The predicted molar refractivity (Wildman–Crippen MR) is 150 cm³/mol. The van der Waals surface area contributed by atoms with Gasteiger partial charge in [0.25, 0.3) is 17.4 Å². The molecule has 1 saturated heterocycles. The van der Waals surface area contributed by atoms with Gasteiger partial charge in [0, 0.05) is 12.6 Å². The number of aromatic nitrogens is 2. The van der Waals surface area contributed by atoms with Gasteiger partial charge in [-0.25, -0.2) is 9.58 Å². The van der Waals surface area contributed by atoms with Crippen molar-refractivity contribution in [2.45, 2.75) is 6.92 Å². The van der Waals surface area contributed by atoms with Crippen LogP contribution in [0.5, 0.6) is 5.75 Å². The first-order chi connectivity index (χ1) is 18.4. The van der Waals surface area contributed by atoms with Crippen LogP contribution in [0.25, 0.3) is 11.8 Å². The Kier molecular flexibility index (Phi) is 6.85. The zero-order chi connectivity index (χ0) is 26.8. The average molecular weight is 525 g/mol. The van der Waals surface area contributed by atoms with E-state index in [1.807, 2.05) is 42.5 Å². The lowest BCUT2D eigenvalue weighted by molar-refractivity contribution is -0.113. The van der Waals surface area contributed by atoms with E-state index in [1.165, 1.54) is 9.58 Å². The predicted octanol–water partition coefficient (Wildman–Crippen LogP) is 4.81. The third-order valence-corrected chi connectivity index (χ3v) is 7.15. The standard InChI is InChI=1S/C29H24N4O4S/c1-19-25(28(36)33(31(19)2)22-12-8-5-9-13-22)32-27(35)24(18-20-14-16-23(37-3)17-15-20)38-29(32)30-26(34)21-10-6-4-7-11-21/h4-18H,1-3H3/b24-18+,30-29?. The molecule has 1 aliphatic rings. The molecule has 1 fully saturated rings. The van der Waals surface area contributed by atoms with E-state index >= 15 is 0 Å². The summed E-state index contributed by atoms with van der Waals surface area (Å²) in [6, 6.07) is 25.0. The third-order valence-electron chi connectivity index (χ3n) is 6.19. The van der Waals surface area contributed by atoms with E-state index in [-0.39, 0.29) is 10.9 Å². The largest absolute Gasteiger partial charge is 0.497 e. The van der Waals surface area contributed by atoms with Crippen LogP contribution in [0.4, 0.5) is 5.69 Å². The van der Waals surface area contributed by atoms with Gasteiger partial charge in [0.1, 0.15) is 11.4 Å². The lowest BCUT2D eigenvalue weighted by Crippen LogP contribution is -2.34. The molecule has 5 rings (SSSR count). The molecule has 1 aromatic heterocycles. The summed E-state index contributed by atoms with van der Waals surface area (Å²) in [4.78, 5) is 46.4. The fourth-order valence-corrected chi connectivity index (χ4v) is 5.11. The number of carbonyl (C=O) groups is 2. The molecule has 0 spiro atoms. The molecule has 0 aliphatic carbocycles. The molecule has 1 aliphatic heterocycles. The number of ether oxygens (including phenoxy) is 1. The molecule has 0 N–H and O–H groups in total. The summed E-state index contributed by atoms with van der Waals surface area (Å²) in [5, 5.41) is 0.120. The van der Waals surface area contributed by atoms with Gasteiger partial charge in [0.15, 0.2) is 5.17 Å². The maximum absolute atomic E-state index is 13.8. The highest BCUT2D eigenvalue weighted by Gasteiger charge is 2.39. The van der Waals surface area contributed by atoms with Gasteiger partial charge in [-0.05, 0) is 66.7 Å². The zero-order valence-corrected chi connectivity index (χ0v) is 21.8. The van der Waals surface area contributed by atoms with Crippen molar-refractivity contribution in [3.63, 3.8) is 0 Å². The minimum absolute atomic E-state index is 0.120. The number of hydrogen-bond donors (Lipinski definition) is 0.